The molecular formula is C54H34N2S2. The molecule has 58 heavy (non-hydrogen) atoms. The van der Waals surface area contributed by atoms with Gasteiger partial charge >= 0.3 is 0 Å². The second-order valence-corrected chi connectivity index (χ2v) is 17.0. The lowest BCUT2D eigenvalue weighted by atomic mass is 9.93. The summed E-state index contributed by atoms with van der Waals surface area (Å²) in [7, 11) is 0. The average molecular weight is 775 g/mol. The zero-order valence-corrected chi connectivity index (χ0v) is 33.0. The Morgan fingerprint density at radius 3 is 1.36 bits per heavy atom. The molecule has 0 bridgehead atoms. The summed E-state index contributed by atoms with van der Waals surface area (Å²) in [6, 6.07) is 75.6. The van der Waals surface area contributed by atoms with Gasteiger partial charge in [-0.2, -0.15) is 0 Å². The van der Waals surface area contributed by atoms with Crippen molar-refractivity contribution in [3.05, 3.63) is 206 Å². The van der Waals surface area contributed by atoms with Gasteiger partial charge in [-0.3, -0.25) is 0 Å². The minimum atomic E-state index is 1.12. The monoisotopic (exact) mass is 774 g/mol. The molecular weight excluding hydrogens is 741 g/mol. The number of hydrogen-bond donors (Lipinski definition) is 0. The summed E-state index contributed by atoms with van der Waals surface area (Å²) in [6.07, 6.45) is 0. The number of rotatable bonds is 6. The van der Waals surface area contributed by atoms with Crippen LogP contribution in [0.2, 0.25) is 0 Å². The molecule has 0 aliphatic carbocycles. The van der Waals surface area contributed by atoms with Crippen LogP contribution in [0.5, 0.6) is 0 Å². The Kier molecular flexibility index (Phi) is 7.62. The van der Waals surface area contributed by atoms with Gasteiger partial charge in [0.1, 0.15) is 0 Å². The molecule has 0 atom stereocenters. The van der Waals surface area contributed by atoms with E-state index >= 15 is 0 Å². The van der Waals surface area contributed by atoms with E-state index in [2.05, 4.69) is 216 Å². The first kappa shape index (κ1) is 33.2. The number of hydrogen-bond acceptors (Lipinski definition) is 3. The Morgan fingerprint density at radius 2 is 0.776 bits per heavy atom. The summed E-state index contributed by atoms with van der Waals surface area (Å²) < 4.78 is 7.62. The van der Waals surface area contributed by atoms with Crippen LogP contribution in [0.1, 0.15) is 0 Å². The summed E-state index contributed by atoms with van der Waals surface area (Å²) in [5.41, 5.74) is 11.9. The first-order valence-electron chi connectivity index (χ1n) is 19.7. The van der Waals surface area contributed by atoms with Crippen molar-refractivity contribution in [1.82, 2.24) is 4.57 Å². The summed E-state index contributed by atoms with van der Waals surface area (Å²) >= 11 is 3.73. The first-order valence-corrected chi connectivity index (χ1v) is 21.3. The van der Waals surface area contributed by atoms with Crippen LogP contribution in [-0.4, -0.2) is 4.57 Å². The van der Waals surface area contributed by atoms with Crippen LogP contribution in [0.3, 0.4) is 0 Å². The van der Waals surface area contributed by atoms with Crippen molar-refractivity contribution in [2.45, 2.75) is 0 Å². The minimum absolute atomic E-state index is 1.12. The van der Waals surface area contributed by atoms with Crippen LogP contribution < -0.4 is 4.90 Å². The Labute approximate surface area is 343 Å². The van der Waals surface area contributed by atoms with Crippen LogP contribution in [0, 0.1) is 0 Å². The van der Waals surface area contributed by atoms with Crippen molar-refractivity contribution >= 4 is 102 Å². The maximum absolute atomic E-state index is 2.50. The number of fused-ring (bicyclic) bond motifs is 9. The molecule has 2 nitrogen and oxygen atoms in total. The van der Waals surface area contributed by atoms with Crippen LogP contribution >= 0.6 is 22.7 Å². The van der Waals surface area contributed by atoms with Gasteiger partial charge in [0.15, 0.2) is 0 Å². The van der Waals surface area contributed by atoms with Gasteiger partial charge in [0.2, 0.25) is 0 Å². The highest BCUT2D eigenvalue weighted by molar-refractivity contribution is 7.26. The molecule has 0 saturated carbocycles. The number of nitrogens with zero attached hydrogens (tertiary/aromatic N) is 2. The van der Waals surface area contributed by atoms with Gasteiger partial charge < -0.3 is 9.47 Å². The van der Waals surface area contributed by atoms with Crippen molar-refractivity contribution in [2.24, 2.45) is 0 Å². The van der Waals surface area contributed by atoms with Gasteiger partial charge in [-0.05, 0) is 83.4 Å². The SMILES string of the molecule is c1ccc(-c2ccccc2-n2c3ccccc3c3ccccc32)c(-c2ccc(N(c3cccc4sc5ccccc5c34)c3cccc4sc5ccccc5c34)cc2)c1. The predicted molar refractivity (Wildman–Crippen MR) is 252 cm³/mol. The van der Waals surface area contributed by atoms with E-state index in [1.165, 1.54) is 101 Å². The van der Waals surface area contributed by atoms with Crippen LogP contribution in [0.4, 0.5) is 17.1 Å². The van der Waals surface area contributed by atoms with Gasteiger partial charge in [0, 0.05) is 62.4 Å². The highest BCUT2D eigenvalue weighted by Gasteiger charge is 2.23. The number of anilines is 3. The van der Waals surface area contributed by atoms with Crippen molar-refractivity contribution in [3.63, 3.8) is 0 Å². The second kappa shape index (κ2) is 13.3. The van der Waals surface area contributed by atoms with Crippen LogP contribution in [0.25, 0.3) is 90.1 Å². The Balaban J connectivity index is 1.05. The molecule has 12 aromatic rings. The molecule has 12 rings (SSSR count). The summed E-state index contributed by atoms with van der Waals surface area (Å²) in [4.78, 5) is 2.50. The maximum Gasteiger partial charge on any atom is 0.0555 e. The molecule has 0 saturated heterocycles. The lowest BCUT2D eigenvalue weighted by molar-refractivity contribution is 1.18. The van der Waals surface area contributed by atoms with Gasteiger partial charge in [-0.1, -0.05) is 140 Å². The molecule has 0 aliphatic heterocycles. The van der Waals surface area contributed by atoms with E-state index in [1.807, 2.05) is 22.7 Å². The van der Waals surface area contributed by atoms with E-state index in [1.54, 1.807) is 0 Å². The molecule has 0 fully saturated rings. The van der Waals surface area contributed by atoms with E-state index in [9.17, 15) is 0 Å². The van der Waals surface area contributed by atoms with E-state index in [0.717, 1.165) is 5.69 Å². The van der Waals surface area contributed by atoms with Crippen molar-refractivity contribution < 1.29 is 0 Å². The Hall–Kier alpha value is -6.98. The third-order valence-electron chi connectivity index (χ3n) is 11.6. The normalized spacial score (nSPS) is 11.8. The first-order chi connectivity index (χ1) is 28.8. The minimum Gasteiger partial charge on any atom is -0.309 e. The topological polar surface area (TPSA) is 8.17 Å². The quantitative estimate of drug-likeness (QED) is 0.163. The summed E-state index contributed by atoms with van der Waals surface area (Å²) in [5.74, 6) is 0. The zero-order chi connectivity index (χ0) is 38.2. The van der Waals surface area contributed by atoms with Crippen molar-refractivity contribution in [1.29, 1.82) is 0 Å². The second-order valence-electron chi connectivity index (χ2n) is 14.8. The zero-order valence-electron chi connectivity index (χ0n) is 31.3. The highest BCUT2D eigenvalue weighted by Crippen LogP contribution is 2.49. The lowest BCUT2D eigenvalue weighted by Gasteiger charge is -2.28. The largest absolute Gasteiger partial charge is 0.309 e. The predicted octanol–water partition coefficient (Wildman–Crippen LogP) is 16.3. The summed E-state index contributed by atoms with van der Waals surface area (Å²) in [5, 5.41) is 7.68. The Bertz CT molecular complexity index is 3360. The molecule has 0 unspecified atom stereocenters. The van der Waals surface area contributed by atoms with Gasteiger partial charge in [-0.25, -0.2) is 0 Å². The summed E-state index contributed by atoms with van der Waals surface area (Å²) in [6.45, 7) is 0. The van der Waals surface area contributed by atoms with Crippen molar-refractivity contribution in [2.75, 3.05) is 4.90 Å². The molecule has 9 aromatic carbocycles. The van der Waals surface area contributed by atoms with Gasteiger partial charge in [-0.15, -0.1) is 22.7 Å². The van der Waals surface area contributed by atoms with Gasteiger partial charge in [0.25, 0.3) is 0 Å². The van der Waals surface area contributed by atoms with E-state index in [4.69, 9.17) is 0 Å². The van der Waals surface area contributed by atoms with Crippen molar-refractivity contribution in [3.8, 4) is 27.9 Å². The molecule has 4 heteroatoms. The Morgan fingerprint density at radius 1 is 0.328 bits per heavy atom. The third kappa shape index (κ3) is 5.09. The van der Waals surface area contributed by atoms with Crippen LogP contribution in [-0.2, 0) is 0 Å². The van der Waals surface area contributed by atoms with E-state index in [0.29, 0.717) is 0 Å². The van der Waals surface area contributed by atoms with Gasteiger partial charge in [0.05, 0.1) is 28.1 Å². The number of para-hydroxylation sites is 3. The number of benzene rings is 9. The molecule has 0 amide bonds. The maximum atomic E-state index is 2.50. The molecule has 0 N–H and O–H groups in total. The molecule has 3 heterocycles. The van der Waals surface area contributed by atoms with Crippen LogP contribution in [0.15, 0.2) is 206 Å². The molecule has 272 valence electrons. The number of thiophene rings is 2. The standard InChI is InChI=1S/C54H34N2S2/c1-2-16-38(39-17-3-8-22-44(39)56-45-23-9-4-18-40(45)41-19-5-10-24-46(41)56)37(15-1)35-31-33-36(34-32-35)55(47-25-13-29-51-53(47)42-20-6-11-27-49(42)57-51)48-26-14-30-52-54(48)43-21-7-12-28-50(43)58-52/h1-34H. The van der Waals surface area contributed by atoms with E-state index in [-0.39, 0.29) is 0 Å². The number of aromatic nitrogens is 1. The fourth-order valence-corrected chi connectivity index (χ4v) is 11.4. The molecule has 0 aliphatic rings. The van der Waals surface area contributed by atoms with E-state index < -0.39 is 0 Å². The molecule has 0 radical (unpaired) electrons. The molecule has 3 aromatic heterocycles. The highest BCUT2D eigenvalue weighted by atomic mass is 32.1. The fraction of sp³-hybridized carbons (Fsp3) is 0. The fourth-order valence-electron chi connectivity index (χ4n) is 9.13. The third-order valence-corrected chi connectivity index (χ3v) is 13.9. The smallest absolute Gasteiger partial charge is 0.0555 e. The average Bonchev–Trinajstić information content (AvgIpc) is 3.97. The lowest BCUT2D eigenvalue weighted by Crippen LogP contribution is -2.10. The molecule has 0 spiro atoms.